The Bertz CT molecular complexity index is 1150. The van der Waals surface area contributed by atoms with Crippen LogP contribution in [0, 0.1) is 0 Å². The van der Waals surface area contributed by atoms with Crippen LogP contribution < -0.4 is 20.2 Å². The summed E-state index contributed by atoms with van der Waals surface area (Å²) in [5, 5.41) is 7.62. The summed E-state index contributed by atoms with van der Waals surface area (Å²) >= 11 is 11.7. The zero-order valence-electron chi connectivity index (χ0n) is 18.4. The predicted octanol–water partition coefficient (Wildman–Crippen LogP) is 4.74. The van der Waals surface area contributed by atoms with E-state index in [1.165, 1.54) is 6.21 Å². The fourth-order valence-electron chi connectivity index (χ4n) is 2.82. The van der Waals surface area contributed by atoms with Gasteiger partial charge in [-0.1, -0.05) is 47.5 Å². The lowest BCUT2D eigenvalue weighted by Gasteiger charge is -2.12. The van der Waals surface area contributed by atoms with Gasteiger partial charge >= 0.3 is 11.8 Å². The van der Waals surface area contributed by atoms with Gasteiger partial charge in [0.15, 0.2) is 11.5 Å². The third-order valence-electron chi connectivity index (χ3n) is 4.53. The lowest BCUT2D eigenvalue weighted by atomic mass is 10.2. The van der Waals surface area contributed by atoms with Gasteiger partial charge in [-0.3, -0.25) is 9.59 Å². The van der Waals surface area contributed by atoms with Gasteiger partial charge in [0.2, 0.25) is 0 Å². The molecule has 7 nitrogen and oxygen atoms in total. The van der Waals surface area contributed by atoms with Crippen LogP contribution in [0.15, 0.2) is 71.8 Å². The molecule has 0 unspecified atom stereocenters. The molecule has 2 amide bonds. The Morgan fingerprint density at radius 1 is 0.853 bits per heavy atom. The van der Waals surface area contributed by atoms with Gasteiger partial charge in [-0.2, -0.15) is 5.10 Å². The van der Waals surface area contributed by atoms with E-state index in [1.807, 2.05) is 19.1 Å². The fourth-order valence-corrected chi connectivity index (χ4v) is 3.07. The van der Waals surface area contributed by atoms with Crippen LogP contribution in [0.3, 0.4) is 0 Å². The highest BCUT2D eigenvalue weighted by Crippen LogP contribution is 2.29. The molecule has 0 aliphatic carbocycles. The smallest absolute Gasteiger partial charge is 0.329 e. The van der Waals surface area contributed by atoms with Gasteiger partial charge in [-0.15, -0.1) is 0 Å². The van der Waals surface area contributed by atoms with Crippen molar-refractivity contribution in [2.75, 3.05) is 6.61 Å². The molecule has 3 rings (SSSR count). The molecular weight excluding hydrogens is 477 g/mol. The van der Waals surface area contributed by atoms with Crippen LogP contribution in [-0.2, 0) is 22.7 Å². The summed E-state index contributed by atoms with van der Waals surface area (Å²) in [6.07, 6.45) is 1.41. The maximum atomic E-state index is 12.0. The predicted molar refractivity (Wildman–Crippen MR) is 132 cm³/mol. The van der Waals surface area contributed by atoms with E-state index in [2.05, 4.69) is 15.8 Å². The van der Waals surface area contributed by atoms with Gasteiger partial charge in [-0.05, 0) is 66.1 Å². The standard InChI is InChI=1S/C25H23Cl2N3O4/c1-2-33-23-13-19(7-12-22(23)34-16-18-5-10-21(27)11-6-18)15-29-30-25(32)24(31)28-14-17-3-8-20(26)9-4-17/h3-13,15H,2,14,16H2,1H3,(H,28,31)(H,30,32)/b29-15+. The molecule has 3 aromatic rings. The zero-order chi connectivity index (χ0) is 24.3. The third-order valence-corrected chi connectivity index (χ3v) is 5.03. The molecule has 0 aliphatic rings. The molecule has 0 heterocycles. The summed E-state index contributed by atoms with van der Waals surface area (Å²) in [7, 11) is 0. The molecule has 176 valence electrons. The number of hydrogen-bond donors (Lipinski definition) is 2. The minimum absolute atomic E-state index is 0.197. The van der Waals surface area contributed by atoms with Crippen LogP contribution in [0.1, 0.15) is 23.6 Å². The van der Waals surface area contributed by atoms with E-state index < -0.39 is 11.8 Å². The largest absolute Gasteiger partial charge is 0.490 e. The van der Waals surface area contributed by atoms with Gasteiger partial charge in [0.1, 0.15) is 6.61 Å². The van der Waals surface area contributed by atoms with Crippen LogP contribution in [0.2, 0.25) is 10.0 Å². The number of amides is 2. The van der Waals surface area contributed by atoms with Crippen molar-refractivity contribution in [3.63, 3.8) is 0 Å². The Labute approximate surface area is 207 Å². The maximum absolute atomic E-state index is 12.0. The van der Waals surface area contributed by atoms with Crippen molar-refractivity contribution < 1.29 is 19.1 Å². The van der Waals surface area contributed by atoms with Crippen LogP contribution in [0.25, 0.3) is 0 Å². The topological polar surface area (TPSA) is 89.0 Å². The highest BCUT2D eigenvalue weighted by atomic mass is 35.5. The van der Waals surface area contributed by atoms with E-state index in [0.717, 1.165) is 11.1 Å². The number of hydrogen-bond acceptors (Lipinski definition) is 5. The molecule has 0 saturated carbocycles. The first-order valence-electron chi connectivity index (χ1n) is 10.4. The van der Waals surface area contributed by atoms with Crippen molar-refractivity contribution >= 4 is 41.2 Å². The second kappa shape index (κ2) is 12.6. The van der Waals surface area contributed by atoms with Crippen LogP contribution in [0.4, 0.5) is 0 Å². The van der Waals surface area contributed by atoms with E-state index in [0.29, 0.717) is 40.3 Å². The number of benzene rings is 3. The van der Waals surface area contributed by atoms with Crippen molar-refractivity contribution in [2.45, 2.75) is 20.1 Å². The van der Waals surface area contributed by atoms with Crippen molar-refractivity contribution in [3.05, 3.63) is 93.5 Å². The molecule has 0 atom stereocenters. The molecule has 0 aromatic heterocycles. The number of halogens is 2. The molecule has 0 bridgehead atoms. The Morgan fingerprint density at radius 2 is 1.50 bits per heavy atom. The molecule has 0 spiro atoms. The highest BCUT2D eigenvalue weighted by Gasteiger charge is 2.12. The van der Waals surface area contributed by atoms with Crippen molar-refractivity contribution in [2.24, 2.45) is 5.10 Å². The number of nitrogens with one attached hydrogen (secondary N) is 2. The molecule has 0 aliphatic heterocycles. The number of rotatable bonds is 9. The lowest BCUT2D eigenvalue weighted by Crippen LogP contribution is -2.37. The van der Waals surface area contributed by atoms with Gasteiger partial charge in [-0.25, -0.2) is 5.43 Å². The van der Waals surface area contributed by atoms with E-state index in [1.54, 1.807) is 54.6 Å². The van der Waals surface area contributed by atoms with Gasteiger partial charge in [0.05, 0.1) is 12.8 Å². The van der Waals surface area contributed by atoms with E-state index in [-0.39, 0.29) is 6.54 Å². The summed E-state index contributed by atoms with van der Waals surface area (Å²) in [6, 6.07) is 19.6. The molecule has 0 fully saturated rings. The van der Waals surface area contributed by atoms with Crippen molar-refractivity contribution in [1.82, 2.24) is 10.7 Å². The zero-order valence-corrected chi connectivity index (χ0v) is 19.9. The average Bonchev–Trinajstić information content (AvgIpc) is 2.84. The first-order valence-corrected chi connectivity index (χ1v) is 11.2. The van der Waals surface area contributed by atoms with Crippen LogP contribution in [-0.4, -0.2) is 24.6 Å². The number of carbonyl (C=O) groups is 2. The molecular formula is C25H23Cl2N3O4. The summed E-state index contributed by atoms with van der Waals surface area (Å²) in [5.74, 6) is -0.571. The minimum Gasteiger partial charge on any atom is -0.490 e. The van der Waals surface area contributed by atoms with Gasteiger partial charge < -0.3 is 14.8 Å². The quantitative estimate of drug-likeness (QED) is 0.253. The molecule has 34 heavy (non-hydrogen) atoms. The molecule has 0 radical (unpaired) electrons. The Morgan fingerprint density at radius 3 is 2.15 bits per heavy atom. The minimum atomic E-state index is -0.877. The Kier molecular flexibility index (Phi) is 9.31. The summed E-state index contributed by atoms with van der Waals surface area (Å²) < 4.78 is 11.5. The second-order valence-corrected chi connectivity index (χ2v) is 7.94. The van der Waals surface area contributed by atoms with Gasteiger partial charge in [0, 0.05) is 16.6 Å². The van der Waals surface area contributed by atoms with E-state index in [9.17, 15) is 9.59 Å². The Balaban J connectivity index is 1.54. The molecule has 9 heteroatoms. The normalized spacial score (nSPS) is 10.7. The Hall–Kier alpha value is -3.55. The lowest BCUT2D eigenvalue weighted by molar-refractivity contribution is -0.139. The molecule has 0 saturated heterocycles. The van der Waals surface area contributed by atoms with Crippen LogP contribution in [0.5, 0.6) is 11.5 Å². The SMILES string of the molecule is CCOc1cc(/C=N/NC(=O)C(=O)NCc2ccc(Cl)cc2)ccc1OCc1ccc(Cl)cc1. The number of carbonyl (C=O) groups excluding carboxylic acids is 2. The maximum Gasteiger partial charge on any atom is 0.329 e. The van der Waals surface area contributed by atoms with Crippen molar-refractivity contribution in [1.29, 1.82) is 0 Å². The number of ether oxygens (including phenoxy) is 2. The second-order valence-electron chi connectivity index (χ2n) is 7.06. The summed E-state index contributed by atoms with van der Waals surface area (Å²) in [5.41, 5.74) is 4.65. The number of nitrogens with zero attached hydrogens (tertiary/aromatic N) is 1. The van der Waals surface area contributed by atoms with E-state index >= 15 is 0 Å². The first-order chi connectivity index (χ1) is 16.4. The molecule has 2 N–H and O–H groups in total. The first kappa shape index (κ1) is 25.1. The summed E-state index contributed by atoms with van der Waals surface area (Å²) in [4.78, 5) is 23.9. The molecule has 3 aromatic carbocycles. The summed E-state index contributed by atoms with van der Waals surface area (Å²) in [6.45, 7) is 2.86. The van der Waals surface area contributed by atoms with Crippen LogP contribution >= 0.6 is 23.2 Å². The third kappa shape index (κ3) is 7.79. The van der Waals surface area contributed by atoms with Gasteiger partial charge in [0.25, 0.3) is 0 Å². The number of hydrazone groups is 1. The highest BCUT2D eigenvalue weighted by molar-refractivity contribution is 6.35. The fraction of sp³-hybridized carbons (Fsp3) is 0.160. The van der Waals surface area contributed by atoms with Crippen molar-refractivity contribution in [3.8, 4) is 11.5 Å². The monoisotopic (exact) mass is 499 g/mol. The van der Waals surface area contributed by atoms with E-state index in [4.69, 9.17) is 32.7 Å². The average molecular weight is 500 g/mol.